The first-order valence-electron chi connectivity index (χ1n) is 11.8. The molecular formula is C25H37N3O6S. The fourth-order valence-corrected chi connectivity index (χ4v) is 4.93. The summed E-state index contributed by atoms with van der Waals surface area (Å²) in [7, 11) is 1.30. The molecule has 1 heterocycles. The molecule has 1 saturated heterocycles. The Morgan fingerprint density at radius 1 is 1.17 bits per heavy atom. The van der Waals surface area contributed by atoms with Gasteiger partial charge in [0.2, 0.25) is 11.8 Å². The Morgan fingerprint density at radius 2 is 1.83 bits per heavy atom. The Morgan fingerprint density at radius 3 is 2.40 bits per heavy atom. The minimum atomic E-state index is -0.862. The molecule has 0 spiro atoms. The zero-order valence-electron chi connectivity index (χ0n) is 21.3. The van der Waals surface area contributed by atoms with Crippen molar-refractivity contribution in [2.75, 3.05) is 20.2 Å². The van der Waals surface area contributed by atoms with Gasteiger partial charge in [-0.1, -0.05) is 38.5 Å². The van der Waals surface area contributed by atoms with E-state index in [1.807, 2.05) is 44.2 Å². The van der Waals surface area contributed by atoms with Gasteiger partial charge in [0.15, 0.2) is 0 Å². The topological polar surface area (TPSA) is 114 Å². The molecule has 1 aromatic rings. The van der Waals surface area contributed by atoms with Gasteiger partial charge in [-0.25, -0.2) is 9.59 Å². The number of esters is 1. The van der Waals surface area contributed by atoms with Gasteiger partial charge < -0.3 is 25.0 Å². The van der Waals surface area contributed by atoms with Gasteiger partial charge in [-0.05, 0) is 45.2 Å². The van der Waals surface area contributed by atoms with Gasteiger partial charge in [-0.2, -0.15) is 0 Å². The van der Waals surface area contributed by atoms with Crippen molar-refractivity contribution in [1.82, 2.24) is 15.5 Å². The van der Waals surface area contributed by atoms with Crippen LogP contribution in [-0.4, -0.2) is 71.9 Å². The van der Waals surface area contributed by atoms with Gasteiger partial charge in [0, 0.05) is 16.7 Å². The van der Waals surface area contributed by atoms with E-state index in [2.05, 4.69) is 10.6 Å². The SMILES string of the molecule is CC[C@H](C)[C@H](NC(=O)OC(C)(C)C)C(=O)NCC(=O)N1C[C@@H](Sc2ccccc2)C[C@H]1C(=O)OC. The molecule has 10 heteroatoms. The summed E-state index contributed by atoms with van der Waals surface area (Å²) >= 11 is 1.60. The number of carbonyl (C=O) groups excluding carboxylic acids is 4. The molecule has 4 atom stereocenters. The quantitative estimate of drug-likeness (QED) is 0.494. The third-order valence-corrected chi connectivity index (χ3v) is 6.90. The molecule has 0 bridgehead atoms. The van der Waals surface area contributed by atoms with Crippen LogP contribution in [0.4, 0.5) is 4.79 Å². The number of alkyl carbamates (subject to hydrolysis) is 1. The largest absolute Gasteiger partial charge is 0.467 e. The van der Waals surface area contributed by atoms with Gasteiger partial charge >= 0.3 is 12.1 Å². The molecule has 0 aromatic heterocycles. The van der Waals surface area contributed by atoms with Crippen LogP contribution in [-0.2, 0) is 23.9 Å². The average molecular weight is 508 g/mol. The summed E-state index contributed by atoms with van der Waals surface area (Å²) in [6, 6.07) is 8.19. The van der Waals surface area contributed by atoms with Crippen LogP contribution in [0.15, 0.2) is 35.2 Å². The van der Waals surface area contributed by atoms with E-state index in [1.54, 1.807) is 32.5 Å². The molecule has 1 aromatic carbocycles. The summed E-state index contributed by atoms with van der Waals surface area (Å²) in [6.07, 6.45) is 0.397. The number of nitrogens with zero attached hydrogens (tertiary/aromatic N) is 1. The lowest BCUT2D eigenvalue weighted by Crippen LogP contribution is -2.53. The van der Waals surface area contributed by atoms with E-state index in [9.17, 15) is 19.2 Å². The molecule has 0 radical (unpaired) electrons. The highest BCUT2D eigenvalue weighted by molar-refractivity contribution is 8.00. The molecule has 0 aliphatic carbocycles. The molecular weight excluding hydrogens is 470 g/mol. The maximum absolute atomic E-state index is 13.0. The summed E-state index contributed by atoms with van der Waals surface area (Å²) < 4.78 is 10.2. The smallest absolute Gasteiger partial charge is 0.408 e. The van der Waals surface area contributed by atoms with Crippen LogP contribution in [0.3, 0.4) is 0 Å². The lowest BCUT2D eigenvalue weighted by Gasteiger charge is -2.27. The van der Waals surface area contributed by atoms with Crippen molar-refractivity contribution in [3.8, 4) is 0 Å². The second kappa shape index (κ2) is 12.8. The highest BCUT2D eigenvalue weighted by Gasteiger charge is 2.41. The summed E-state index contributed by atoms with van der Waals surface area (Å²) in [5.41, 5.74) is -0.705. The molecule has 1 aliphatic heterocycles. The van der Waals surface area contributed by atoms with E-state index in [0.29, 0.717) is 19.4 Å². The third kappa shape index (κ3) is 8.76. The van der Waals surface area contributed by atoms with E-state index < -0.39 is 35.7 Å². The predicted octanol–water partition coefficient (Wildman–Crippen LogP) is 2.98. The standard InChI is InChI=1S/C25H37N3O6S/c1-7-16(2)21(27-24(32)34-25(3,4)5)22(30)26-14-20(29)28-15-18(13-19(28)23(31)33-6)35-17-11-9-8-10-12-17/h8-12,16,18-19,21H,7,13-15H2,1-6H3,(H,26,30)(H,27,32)/t16-,18-,19-,21-/m0/s1. The number of likely N-dealkylation sites (tertiary alicyclic amines) is 1. The van der Waals surface area contributed by atoms with Crippen LogP contribution in [0.1, 0.15) is 47.5 Å². The van der Waals surface area contributed by atoms with Gasteiger partial charge in [-0.15, -0.1) is 11.8 Å². The summed E-state index contributed by atoms with van der Waals surface area (Å²) in [4.78, 5) is 53.0. The van der Waals surface area contributed by atoms with Gasteiger partial charge in [0.1, 0.15) is 17.7 Å². The van der Waals surface area contributed by atoms with Crippen LogP contribution < -0.4 is 10.6 Å². The lowest BCUT2D eigenvalue weighted by molar-refractivity contribution is -0.150. The molecule has 3 amide bonds. The highest BCUT2D eigenvalue weighted by Crippen LogP contribution is 2.33. The Hall–Kier alpha value is -2.75. The molecule has 1 aliphatic rings. The number of carbonyl (C=O) groups is 4. The van der Waals surface area contributed by atoms with Gasteiger partial charge in [0.25, 0.3) is 0 Å². The number of hydrogen-bond donors (Lipinski definition) is 2. The zero-order chi connectivity index (χ0) is 26.2. The van der Waals surface area contributed by atoms with E-state index in [-0.39, 0.29) is 23.6 Å². The van der Waals surface area contributed by atoms with Crippen LogP contribution >= 0.6 is 11.8 Å². The first-order chi connectivity index (χ1) is 16.4. The van der Waals surface area contributed by atoms with Crippen LogP contribution in [0.5, 0.6) is 0 Å². The third-order valence-electron chi connectivity index (χ3n) is 5.68. The van der Waals surface area contributed by atoms with Crippen molar-refractivity contribution >= 4 is 35.6 Å². The number of amides is 3. The van der Waals surface area contributed by atoms with Crippen LogP contribution in [0.2, 0.25) is 0 Å². The maximum atomic E-state index is 13.0. The molecule has 1 fully saturated rings. The number of thioether (sulfide) groups is 1. The maximum Gasteiger partial charge on any atom is 0.408 e. The van der Waals surface area contributed by atoms with Crippen molar-refractivity contribution in [2.45, 2.75) is 75.3 Å². The molecule has 2 N–H and O–H groups in total. The monoisotopic (exact) mass is 507 g/mol. The van der Waals surface area contributed by atoms with E-state index in [4.69, 9.17) is 9.47 Å². The fourth-order valence-electron chi connectivity index (χ4n) is 3.72. The number of rotatable bonds is 9. The molecule has 0 saturated carbocycles. The van der Waals surface area contributed by atoms with Crippen LogP contribution in [0.25, 0.3) is 0 Å². The normalized spacial score (nSPS) is 19.4. The number of benzene rings is 1. The Labute approximate surface area is 211 Å². The second-order valence-electron chi connectivity index (χ2n) is 9.60. The first kappa shape index (κ1) is 28.5. The van der Waals surface area contributed by atoms with E-state index in [0.717, 1.165) is 4.90 Å². The van der Waals surface area contributed by atoms with Crippen molar-refractivity contribution in [1.29, 1.82) is 0 Å². The first-order valence-corrected chi connectivity index (χ1v) is 12.7. The number of methoxy groups -OCH3 is 1. The second-order valence-corrected chi connectivity index (χ2v) is 11.0. The minimum absolute atomic E-state index is 0.0165. The zero-order valence-corrected chi connectivity index (χ0v) is 22.1. The van der Waals surface area contributed by atoms with Gasteiger partial charge in [-0.3, -0.25) is 9.59 Å². The predicted molar refractivity (Wildman–Crippen MR) is 134 cm³/mol. The lowest BCUT2D eigenvalue weighted by atomic mass is 9.98. The number of hydrogen-bond acceptors (Lipinski definition) is 7. The molecule has 0 unspecified atom stereocenters. The molecule has 2 rings (SSSR count). The fraction of sp³-hybridized carbons (Fsp3) is 0.600. The summed E-state index contributed by atoms with van der Waals surface area (Å²) in [5, 5.41) is 5.25. The summed E-state index contributed by atoms with van der Waals surface area (Å²) in [6.45, 7) is 9.02. The Kier molecular flexibility index (Phi) is 10.4. The summed E-state index contributed by atoms with van der Waals surface area (Å²) in [5.74, 6) is -1.53. The van der Waals surface area contributed by atoms with Crippen molar-refractivity contribution in [3.63, 3.8) is 0 Å². The van der Waals surface area contributed by atoms with Crippen molar-refractivity contribution < 1.29 is 28.7 Å². The number of ether oxygens (including phenoxy) is 2. The van der Waals surface area contributed by atoms with E-state index >= 15 is 0 Å². The van der Waals surface area contributed by atoms with Gasteiger partial charge in [0.05, 0.1) is 13.7 Å². The average Bonchev–Trinajstić information content (AvgIpc) is 3.23. The molecule has 194 valence electrons. The highest BCUT2D eigenvalue weighted by atomic mass is 32.2. The molecule has 9 nitrogen and oxygen atoms in total. The minimum Gasteiger partial charge on any atom is -0.467 e. The molecule has 35 heavy (non-hydrogen) atoms. The van der Waals surface area contributed by atoms with Crippen LogP contribution in [0, 0.1) is 5.92 Å². The van der Waals surface area contributed by atoms with E-state index in [1.165, 1.54) is 12.0 Å². The number of nitrogens with one attached hydrogen (secondary N) is 2. The van der Waals surface area contributed by atoms with Crippen molar-refractivity contribution in [2.24, 2.45) is 5.92 Å². The Bertz CT molecular complexity index is 889. The van der Waals surface area contributed by atoms with Crippen molar-refractivity contribution in [3.05, 3.63) is 30.3 Å². The Balaban J connectivity index is 2.02.